The largest absolute Gasteiger partial charge is 0.480 e. The Bertz CT molecular complexity index is 963. The molecule has 0 saturated carbocycles. The van der Waals surface area contributed by atoms with E-state index in [0.29, 0.717) is 6.42 Å². The Kier molecular flexibility index (Phi) is 9.04. The number of carboxylic acids is 1. The summed E-state index contributed by atoms with van der Waals surface area (Å²) < 4.78 is 5.58. The molecule has 8 heteroatoms. The number of amides is 2. The molecule has 0 spiro atoms. The van der Waals surface area contributed by atoms with Crippen LogP contribution in [-0.4, -0.2) is 53.5 Å². The Balaban J connectivity index is 1.60. The van der Waals surface area contributed by atoms with Crippen LogP contribution in [0.3, 0.4) is 0 Å². The highest BCUT2D eigenvalue weighted by Crippen LogP contribution is 2.44. The fourth-order valence-electron chi connectivity index (χ4n) is 4.35. The lowest BCUT2D eigenvalue weighted by atomic mass is 9.98. The summed E-state index contributed by atoms with van der Waals surface area (Å²) in [5.41, 5.74) is 4.50. The van der Waals surface area contributed by atoms with Crippen molar-refractivity contribution >= 4 is 18.0 Å². The summed E-state index contributed by atoms with van der Waals surface area (Å²) in [7, 11) is 0. The summed E-state index contributed by atoms with van der Waals surface area (Å²) in [4.78, 5) is 36.2. The van der Waals surface area contributed by atoms with E-state index < -0.39 is 30.1 Å². The van der Waals surface area contributed by atoms with Crippen LogP contribution in [0.5, 0.6) is 0 Å². The molecular formula is C26H32N2O6. The summed E-state index contributed by atoms with van der Waals surface area (Å²) in [6, 6.07) is 14.5. The molecule has 3 rings (SSSR count). The molecule has 1 unspecified atom stereocenters. The van der Waals surface area contributed by atoms with Crippen molar-refractivity contribution in [1.29, 1.82) is 0 Å². The van der Waals surface area contributed by atoms with Gasteiger partial charge in [-0.2, -0.15) is 0 Å². The monoisotopic (exact) mass is 468 g/mol. The maximum Gasteiger partial charge on any atom is 0.407 e. The molecule has 8 nitrogen and oxygen atoms in total. The number of nitrogens with one attached hydrogen (secondary N) is 2. The minimum Gasteiger partial charge on any atom is -0.480 e. The van der Waals surface area contributed by atoms with Crippen molar-refractivity contribution in [3.05, 3.63) is 59.7 Å². The van der Waals surface area contributed by atoms with Gasteiger partial charge in [-0.05, 0) is 28.7 Å². The third kappa shape index (κ3) is 6.35. The van der Waals surface area contributed by atoms with Gasteiger partial charge in [0.25, 0.3) is 0 Å². The first-order valence-corrected chi connectivity index (χ1v) is 11.7. The Hall–Kier alpha value is -3.39. The van der Waals surface area contributed by atoms with Crippen LogP contribution in [0.1, 0.15) is 56.1 Å². The predicted octanol–water partition coefficient (Wildman–Crippen LogP) is 3.43. The summed E-state index contributed by atoms with van der Waals surface area (Å²) >= 11 is 0. The van der Waals surface area contributed by atoms with E-state index >= 15 is 0 Å². The number of hydrogen-bond donors (Lipinski definition) is 4. The van der Waals surface area contributed by atoms with Gasteiger partial charge >= 0.3 is 12.1 Å². The van der Waals surface area contributed by atoms with Gasteiger partial charge in [-0.25, -0.2) is 9.59 Å². The minimum absolute atomic E-state index is 0.0645. The molecule has 2 aromatic rings. The normalized spacial score (nSPS) is 13.9. The second-order valence-electron chi connectivity index (χ2n) is 8.48. The van der Waals surface area contributed by atoms with Gasteiger partial charge in [-0.3, -0.25) is 4.79 Å². The van der Waals surface area contributed by atoms with Crippen LogP contribution in [-0.2, 0) is 14.3 Å². The highest BCUT2D eigenvalue weighted by Gasteiger charge is 2.29. The van der Waals surface area contributed by atoms with E-state index in [4.69, 9.17) is 9.84 Å². The number of rotatable bonds is 12. The SMILES string of the molecule is CCCCC(CC(=O)N[C@@H](CCO)C(=O)O)NC(=O)OCC1c2ccccc2-c2ccccc21. The van der Waals surface area contributed by atoms with Gasteiger partial charge in [-0.15, -0.1) is 0 Å². The molecule has 0 aliphatic heterocycles. The van der Waals surface area contributed by atoms with Crippen molar-refractivity contribution < 1.29 is 29.3 Å². The zero-order valence-corrected chi connectivity index (χ0v) is 19.3. The lowest BCUT2D eigenvalue weighted by Crippen LogP contribution is -2.45. The van der Waals surface area contributed by atoms with E-state index in [9.17, 15) is 19.5 Å². The van der Waals surface area contributed by atoms with Gasteiger partial charge in [-0.1, -0.05) is 68.3 Å². The van der Waals surface area contributed by atoms with E-state index in [0.717, 1.165) is 35.1 Å². The number of ether oxygens (including phenoxy) is 1. The Labute approximate surface area is 199 Å². The number of unbranched alkanes of at least 4 members (excludes halogenated alkanes) is 1. The van der Waals surface area contributed by atoms with Gasteiger partial charge in [0.2, 0.25) is 5.91 Å². The van der Waals surface area contributed by atoms with E-state index in [1.54, 1.807) is 0 Å². The van der Waals surface area contributed by atoms with Gasteiger partial charge in [0.1, 0.15) is 12.6 Å². The summed E-state index contributed by atoms with van der Waals surface area (Å²) in [5, 5.41) is 23.3. The van der Waals surface area contributed by atoms with Gasteiger partial charge in [0.05, 0.1) is 0 Å². The average molecular weight is 469 g/mol. The molecule has 0 fully saturated rings. The fourth-order valence-corrected chi connectivity index (χ4v) is 4.35. The first kappa shape index (κ1) is 25.2. The molecule has 2 amide bonds. The fraction of sp³-hybridized carbons (Fsp3) is 0.423. The number of carbonyl (C=O) groups is 3. The van der Waals surface area contributed by atoms with Crippen LogP contribution in [0.2, 0.25) is 0 Å². The summed E-state index contributed by atoms with van der Waals surface area (Å²) in [6.45, 7) is 1.82. The standard InChI is InChI=1S/C26H32N2O6/c1-2-3-8-17(15-24(30)28-23(13-14-29)25(31)32)27-26(33)34-16-22-20-11-6-4-9-18(20)19-10-5-7-12-21(19)22/h4-7,9-12,17,22-23,29H,2-3,8,13-16H2,1H3,(H,27,33)(H,28,30)(H,31,32)/t17?,23-/m0/s1. The van der Waals surface area contributed by atoms with Crippen LogP contribution < -0.4 is 10.6 Å². The van der Waals surface area contributed by atoms with E-state index in [-0.39, 0.29) is 32.0 Å². The Morgan fingerprint density at radius 1 is 0.971 bits per heavy atom. The average Bonchev–Trinajstić information content (AvgIpc) is 3.14. The molecule has 4 N–H and O–H groups in total. The number of aliphatic hydroxyl groups excluding tert-OH is 1. The zero-order valence-electron chi connectivity index (χ0n) is 19.3. The van der Waals surface area contributed by atoms with Crippen LogP contribution >= 0.6 is 0 Å². The molecule has 0 bridgehead atoms. The summed E-state index contributed by atoms with van der Waals surface area (Å²) in [6.07, 6.45) is 1.47. The molecule has 1 aliphatic carbocycles. The quantitative estimate of drug-likeness (QED) is 0.378. The first-order chi connectivity index (χ1) is 16.4. The van der Waals surface area contributed by atoms with E-state index in [2.05, 4.69) is 22.8 Å². The molecule has 34 heavy (non-hydrogen) atoms. The maximum atomic E-state index is 12.6. The number of aliphatic hydroxyl groups is 1. The lowest BCUT2D eigenvalue weighted by molar-refractivity contribution is -0.142. The van der Waals surface area contributed by atoms with Crippen LogP contribution in [0.25, 0.3) is 11.1 Å². The number of fused-ring (bicyclic) bond motifs is 3. The molecule has 2 atom stereocenters. The topological polar surface area (TPSA) is 125 Å². The molecule has 2 aromatic carbocycles. The third-order valence-corrected chi connectivity index (χ3v) is 6.05. The van der Waals surface area contributed by atoms with Gasteiger partial charge in [0.15, 0.2) is 0 Å². The highest BCUT2D eigenvalue weighted by molar-refractivity contribution is 5.84. The smallest absolute Gasteiger partial charge is 0.407 e. The third-order valence-electron chi connectivity index (χ3n) is 6.05. The molecule has 0 radical (unpaired) electrons. The zero-order chi connectivity index (χ0) is 24.5. The highest BCUT2D eigenvalue weighted by atomic mass is 16.5. The number of benzene rings is 2. The molecule has 182 valence electrons. The van der Waals surface area contributed by atoms with Crippen molar-refractivity contribution in [2.24, 2.45) is 0 Å². The number of hydrogen-bond acceptors (Lipinski definition) is 5. The second kappa shape index (κ2) is 12.2. The number of carbonyl (C=O) groups excluding carboxylic acids is 2. The van der Waals surface area contributed by atoms with Gasteiger partial charge in [0, 0.05) is 31.4 Å². The Morgan fingerprint density at radius 3 is 2.15 bits per heavy atom. The number of alkyl carbamates (subject to hydrolysis) is 1. The lowest BCUT2D eigenvalue weighted by Gasteiger charge is -2.21. The van der Waals surface area contributed by atoms with Crippen molar-refractivity contribution in [2.45, 2.75) is 57.0 Å². The molecule has 0 aromatic heterocycles. The Morgan fingerprint density at radius 2 is 1.59 bits per heavy atom. The minimum atomic E-state index is -1.21. The predicted molar refractivity (Wildman–Crippen MR) is 127 cm³/mol. The molecular weight excluding hydrogens is 436 g/mol. The molecule has 1 aliphatic rings. The van der Waals surface area contributed by atoms with E-state index in [1.807, 2.05) is 43.3 Å². The number of aliphatic carboxylic acids is 1. The van der Waals surface area contributed by atoms with Crippen LogP contribution in [0.4, 0.5) is 4.79 Å². The van der Waals surface area contributed by atoms with Crippen LogP contribution in [0, 0.1) is 0 Å². The second-order valence-corrected chi connectivity index (χ2v) is 8.48. The van der Waals surface area contributed by atoms with Crippen molar-refractivity contribution in [2.75, 3.05) is 13.2 Å². The first-order valence-electron chi connectivity index (χ1n) is 11.7. The van der Waals surface area contributed by atoms with Crippen molar-refractivity contribution in [3.63, 3.8) is 0 Å². The van der Waals surface area contributed by atoms with Crippen molar-refractivity contribution in [3.8, 4) is 11.1 Å². The maximum absolute atomic E-state index is 12.6. The van der Waals surface area contributed by atoms with E-state index in [1.165, 1.54) is 0 Å². The summed E-state index contributed by atoms with van der Waals surface area (Å²) in [5.74, 6) is -1.77. The molecule has 0 saturated heterocycles. The van der Waals surface area contributed by atoms with Gasteiger partial charge < -0.3 is 25.6 Å². The number of carboxylic acid groups (broad SMARTS) is 1. The van der Waals surface area contributed by atoms with Crippen LogP contribution in [0.15, 0.2) is 48.5 Å². The molecule has 0 heterocycles. The van der Waals surface area contributed by atoms with Crippen molar-refractivity contribution in [1.82, 2.24) is 10.6 Å².